The van der Waals surface area contributed by atoms with Crippen LogP contribution in [0.2, 0.25) is 0 Å². The number of hydrogen-bond acceptors (Lipinski definition) is 1. The summed E-state index contributed by atoms with van der Waals surface area (Å²) in [4.78, 5) is 10.7. The van der Waals surface area contributed by atoms with E-state index in [0.717, 1.165) is 12.8 Å². The second-order valence-corrected chi connectivity index (χ2v) is 4.79. The molecular weight excluding hydrogens is 178 g/mol. The van der Waals surface area contributed by atoms with Crippen molar-refractivity contribution in [1.29, 1.82) is 0 Å². The third-order valence-corrected chi connectivity index (χ3v) is 3.42. The predicted molar refractivity (Wildman–Crippen MR) is 56.3 cm³/mol. The predicted octanol–water partition coefficient (Wildman–Crippen LogP) is 2.71. The van der Waals surface area contributed by atoms with Gasteiger partial charge in [0.15, 0.2) is 0 Å². The average Bonchev–Trinajstić information content (AvgIpc) is 2.07. The van der Waals surface area contributed by atoms with Gasteiger partial charge in [-0.15, -0.1) is 0 Å². The molecule has 0 heterocycles. The van der Waals surface area contributed by atoms with E-state index in [4.69, 9.17) is 5.11 Å². The van der Waals surface area contributed by atoms with Gasteiger partial charge in [0.25, 0.3) is 0 Å². The molecule has 1 aliphatic rings. The highest BCUT2D eigenvalue weighted by Crippen LogP contribution is 2.33. The first-order chi connectivity index (χ1) is 6.52. The van der Waals surface area contributed by atoms with Crippen LogP contribution >= 0.6 is 0 Å². The molecule has 1 rings (SSSR count). The summed E-state index contributed by atoms with van der Waals surface area (Å²) in [6.07, 6.45) is 2.66. The molecule has 3 nitrogen and oxygen atoms in total. The van der Waals surface area contributed by atoms with Gasteiger partial charge in [0.05, 0.1) is 0 Å². The van der Waals surface area contributed by atoms with E-state index >= 15 is 0 Å². The number of carbonyl (C=O) groups is 1. The molecule has 82 valence electrons. The van der Waals surface area contributed by atoms with Crippen LogP contribution in [-0.2, 0) is 0 Å². The lowest BCUT2D eigenvalue weighted by Crippen LogP contribution is -2.47. The second-order valence-electron chi connectivity index (χ2n) is 4.79. The molecule has 0 bridgehead atoms. The average molecular weight is 199 g/mol. The minimum Gasteiger partial charge on any atom is -0.465 e. The monoisotopic (exact) mass is 199 g/mol. The SMILES string of the molecule is CC(C)[C@@H]1CCCC(C)[C@@H]1NC(=O)O. The molecule has 3 atom stereocenters. The van der Waals surface area contributed by atoms with Crippen LogP contribution in [-0.4, -0.2) is 17.2 Å². The van der Waals surface area contributed by atoms with Gasteiger partial charge in [0.2, 0.25) is 0 Å². The first-order valence-corrected chi connectivity index (χ1v) is 5.51. The van der Waals surface area contributed by atoms with Crippen molar-refractivity contribution in [2.45, 2.75) is 46.1 Å². The third kappa shape index (κ3) is 2.63. The van der Waals surface area contributed by atoms with Crippen molar-refractivity contribution in [2.75, 3.05) is 0 Å². The molecular formula is C11H21NO2. The molecule has 1 unspecified atom stereocenters. The molecule has 1 saturated carbocycles. The first kappa shape index (κ1) is 11.3. The maximum absolute atomic E-state index is 10.7. The van der Waals surface area contributed by atoms with Crippen molar-refractivity contribution in [3.05, 3.63) is 0 Å². The molecule has 2 N–H and O–H groups in total. The summed E-state index contributed by atoms with van der Waals surface area (Å²) < 4.78 is 0. The summed E-state index contributed by atoms with van der Waals surface area (Å²) in [5.74, 6) is 1.55. The Morgan fingerprint density at radius 2 is 2.07 bits per heavy atom. The smallest absolute Gasteiger partial charge is 0.404 e. The van der Waals surface area contributed by atoms with Crippen molar-refractivity contribution in [1.82, 2.24) is 5.32 Å². The van der Waals surface area contributed by atoms with Gasteiger partial charge in [0, 0.05) is 6.04 Å². The summed E-state index contributed by atoms with van der Waals surface area (Å²) in [5.41, 5.74) is 0. The minimum atomic E-state index is -0.880. The summed E-state index contributed by atoms with van der Waals surface area (Å²) in [5, 5.41) is 11.5. The van der Waals surface area contributed by atoms with Crippen molar-refractivity contribution in [3.8, 4) is 0 Å². The Kier molecular flexibility index (Phi) is 3.78. The highest BCUT2D eigenvalue weighted by molar-refractivity contribution is 5.65. The van der Waals surface area contributed by atoms with Gasteiger partial charge >= 0.3 is 6.09 Å². The molecule has 1 aliphatic carbocycles. The number of nitrogens with one attached hydrogen (secondary N) is 1. The van der Waals surface area contributed by atoms with Crippen molar-refractivity contribution >= 4 is 6.09 Å². The third-order valence-electron chi connectivity index (χ3n) is 3.42. The zero-order chi connectivity index (χ0) is 10.7. The Labute approximate surface area is 85.9 Å². The van der Waals surface area contributed by atoms with Crippen LogP contribution in [0.3, 0.4) is 0 Å². The van der Waals surface area contributed by atoms with E-state index in [1.165, 1.54) is 6.42 Å². The molecule has 0 spiro atoms. The molecule has 14 heavy (non-hydrogen) atoms. The highest BCUT2D eigenvalue weighted by atomic mass is 16.4. The van der Waals surface area contributed by atoms with E-state index in [1.807, 2.05) is 0 Å². The lowest BCUT2D eigenvalue weighted by molar-refractivity contribution is 0.135. The first-order valence-electron chi connectivity index (χ1n) is 5.51. The fourth-order valence-electron chi connectivity index (χ4n) is 2.60. The number of rotatable bonds is 2. The Balaban J connectivity index is 2.65. The minimum absolute atomic E-state index is 0.154. The fraction of sp³-hybridized carbons (Fsp3) is 0.909. The van der Waals surface area contributed by atoms with Gasteiger partial charge in [-0.2, -0.15) is 0 Å². The lowest BCUT2D eigenvalue weighted by atomic mass is 9.73. The molecule has 0 aromatic rings. The summed E-state index contributed by atoms with van der Waals surface area (Å²) >= 11 is 0. The zero-order valence-electron chi connectivity index (χ0n) is 9.29. The summed E-state index contributed by atoms with van der Waals surface area (Å²) in [7, 11) is 0. The van der Waals surface area contributed by atoms with Gasteiger partial charge in [-0.25, -0.2) is 4.79 Å². The van der Waals surface area contributed by atoms with Gasteiger partial charge in [0.1, 0.15) is 0 Å². The molecule has 0 aliphatic heterocycles. The van der Waals surface area contributed by atoms with Crippen LogP contribution in [0, 0.1) is 17.8 Å². The molecule has 1 fully saturated rings. The lowest BCUT2D eigenvalue weighted by Gasteiger charge is -2.38. The maximum Gasteiger partial charge on any atom is 0.404 e. The quantitative estimate of drug-likeness (QED) is 0.718. The Morgan fingerprint density at radius 3 is 2.57 bits per heavy atom. The molecule has 0 aromatic carbocycles. The van der Waals surface area contributed by atoms with Crippen molar-refractivity contribution in [2.24, 2.45) is 17.8 Å². The topological polar surface area (TPSA) is 49.3 Å². The van der Waals surface area contributed by atoms with E-state index in [9.17, 15) is 4.79 Å². The van der Waals surface area contributed by atoms with Gasteiger partial charge < -0.3 is 10.4 Å². The van der Waals surface area contributed by atoms with E-state index in [1.54, 1.807) is 0 Å². The van der Waals surface area contributed by atoms with Crippen LogP contribution in [0.5, 0.6) is 0 Å². The maximum atomic E-state index is 10.7. The van der Waals surface area contributed by atoms with Crippen LogP contribution in [0.1, 0.15) is 40.0 Å². The standard InChI is InChI=1S/C11H21NO2/c1-7(2)9-6-4-5-8(3)10(9)12-11(13)14/h7-10,12H,4-6H2,1-3H3,(H,13,14)/t8?,9-,10-/m0/s1. The molecule has 0 saturated heterocycles. The molecule has 0 aromatic heterocycles. The van der Waals surface area contributed by atoms with Crippen LogP contribution in [0.15, 0.2) is 0 Å². The van der Waals surface area contributed by atoms with Gasteiger partial charge in [-0.05, 0) is 30.6 Å². The van der Waals surface area contributed by atoms with E-state index in [2.05, 4.69) is 26.1 Å². The summed E-state index contributed by atoms with van der Waals surface area (Å²) in [6.45, 7) is 6.51. The van der Waals surface area contributed by atoms with E-state index in [0.29, 0.717) is 17.8 Å². The largest absolute Gasteiger partial charge is 0.465 e. The Bertz CT molecular complexity index is 203. The van der Waals surface area contributed by atoms with Crippen LogP contribution in [0.4, 0.5) is 4.79 Å². The van der Waals surface area contributed by atoms with Crippen LogP contribution in [0.25, 0.3) is 0 Å². The normalized spacial score (nSPS) is 33.0. The highest BCUT2D eigenvalue weighted by Gasteiger charge is 2.33. The zero-order valence-corrected chi connectivity index (χ0v) is 9.29. The fourth-order valence-corrected chi connectivity index (χ4v) is 2.60. The van der Waals surface area contributed by atoms with E-state index in [-0.39, 0.29) is 6.04 Å². The molecule has 0 radical (unpaired) electrons. The van der Waals surface area contributed by atoms with Crippen LogP contribution < -0.4 is 5.32 Å². The number of hydrogen-bond donors (Lipinski definition) is 2. The molecule has 3 heteroatoms. The molecule has 1 amide bonds. The van der Waals surface area contributed by atoms with Crippen molar-refractivity contribution < 1.29 is 9.90 Å². The van der Waals surface area contributed by atoms with Gasteiger partial charge in [-0.3, -0.25) is 0 Å². The van der Waals surface area contributed by atoms with Gasteiger partial charge in [-0.1, -0.05) is 27.2 Å². The Morgan fingerprint density at radius 1 is 1.43 bits per heavy atom. The van der Waals surface area contributed by atoms with Crippen molar-refractivity contribution in [3.63, 3.8) is 0 Å². The Hall–Kier alpha value is -0.730. The number of amides is 1. The van der Waals surface area contributed by atoms with E-state index < -0.39 is 6.09 Å². The number of carboxylic acid groups (broad SMARTS) is 1. The summed E-state index contributed by atoms with van der Waals surface area (Å²) in [6, 6.07) is 0.154. The second kappa shape index (κ2) is 4.67.